The van der Waals surface area contributed by atoms with Gasteiger partial charge in [-0.1, -0.05) is 6.07 Å². The van der Waals surface area contributed by atoms with Crippen molar-refractivity contribution in [2.45, 2.75) is 32.6 Å². The van der Waals surface area contributed by atoms with E-state index in [9.17, 15) is 0 Å². The van der Waals surface area contributed by atoms with Crippen molar-refractivity contribution in [3.8, 4) is 11.4 Å². The Morgan fingerprint density at radius 2 is 2.05 bits per heavy atom. The van der Waals surface area contributed by atoms with Crippen molar-refractivity contribution in [1.82, 2.24) is 14.9 Å². The van der Waals surface area contributed by atoms with Crippen LogP contribution in [0.1, 0.15) is 18.7 Å². The highest BCUT2D eigenvalue weighted by Gasteiger charge is 2.23. The highest BCUT2D eigenvalue weighted by atomic mass is 32.1. The van der Waals surface area contributed by atoms with Crippen LogP contribution in [0.4, 0.5) is 0 Å². The second-order valence-corrected chi connectivity index (χ2v) is 6.23. The molecular weight excluding hydrogens is 270 g/mol. The van der Waals surface area contributed by atoms with Gasteiger partial charge in [0, 0.05) is 30.7 Å². The molecule has 0 aromatic carbocycles. The Labute approximate surface area is 123 Å². The van der Waals surface area contributed by atoms with Crippen molar-refractivity contribution in [3.05, 3.63) is 34.8 Å². The van der Waals surface area contributed by atoms with E-state index in [1.54, 1.807) is 11.3 Å². The molecule has 1 saturated heterocycles. The summed E-state index contributed by atoms with van der Waals surface area (Å²) in [5.41, 5.74) is 3.88. The molecule has 5 heteroatoms. The number of rotatable bonds is 3. The molecule has 106 valence electrons. The van der Waals surface area contributed by atoms with Gasteiger partial charge in [0.15, 0.2) is 0 Å². The maximum Gasteiger partial charge on any atom is 0.104 e. The maximum atomic E-state index is 5.78. The molecule has 0 spiro atoms. The van der Waals surface area contributed by atoms with Gasteiger partial charge in [0.1, 0.15) is 5.69 Å². The number of hydrogen-bond acceptors (Lipinski definition) is 5. The quantitative estimate of drug-likeness (QED) is 0.871. The predicted octanol–water partition coefficient (Wildman–Crippen LogP) is 2.81. The van der Waals surface area contributed by atoms with Gasteiger partial charge in [0.05, 0.1) is 23.4 Å². The monoisotopic (exact) mass is 289 g/mol. The zero-order valence-corrected chi connectivity index (χ0v) is 12.6. The van der Waals surface area contributed by atoms with Crippen LogP contribution in [0.5, 0.6) is 0 Å². The summed E-state index contributed by atoms with van der Waals surface area (Å²) in [5.74, 6) is 0. The largest absolute Gasteiger partial charge is 0.373 e. The zero-order valence-electron chi connectivity index (χ0n) is 11.8. The van der Waals surface area contributed by atoms with Crippen molar-refractivity contribution in [2.24, 2.45) is 0 Å². The van der Waals surface area contributed by atoms with Gasteiger partial charge in [-0.05, 0) is 26.0 Å². The second-order valence-electron chi connectivity index (χ2n) is 5.29. The SMILES string of the molecule is C[C@@H]1CN(Cc2scnc2-c2ccccn2)C[C@H](C)O1. The fraction of sp³-hybridized carbons (Fsp3) is 0.467. The van der Waals surface area contributed by atoms with Crippen LogP contribution >= 0.6 is 11.3 Å². The number of ether oxygens (including phenoxy) is 1. The van der Waals surface area contributed by atoms with Crippen LogP contribution in [-0.2, 0) is 11.3 Å². The van der Waals surface area contributed by atoms with Crippen LogP contribution < -0.4 is 0 Å². The minimum absolute atomic E-state index is 0.296. The molecule has 1 aliphatic heterocycles. The van der Waals surface area contributed by atoms with Gasteiger partial charge in [-0.2, -0.15) is 0 Å². The maximum absolute atomic E-state index is 5.78. The number of thiazole rings is 1. The summed E-state index contributed by atoms with van der Waals surface area (Å²) in [6, 6.07) is 5.95. The van der Waals surface area contributed by atoms with Crippen LogP contribution in [0.3, 0.4) is 0 Å². The van der Waals surface area contributed by atoms with Gasteiger partial charge in [-0.25, -0.2) is 4.98 Å². The molecule has 1 fully saturated rings. The minimum atomic E-state index is 0.296. The molecule has 0 saturated carbocycles. The Morgan fingerprint density at radius 1 is 1.25 bits per heavy atom. The molecule has 0 radical (unpaired) electrons. The molecule has 0 amide bonds. The third kappa shape index (κ3) is 3.06. The van der Waals surface area contributed by atoms with Crippen molar-refractivity contribution in [3.63, 3.8) is 0 Å². The fourth-order valence-corrected chi connectivity index (χ4v) is 3.52. The third-order valence-electron chi connectivity index (χ3n) is 3.41. The summed E-state index contributed by atoms with van der Waals surface area (Å²) in [6.45, 7) is 7.15. The Balaban J connectivity index is 1.77. The molecule has 0 bridgehead atoms. The first kappa shape index (κ1) is 13.7. The molecule has 0 N–H and O–H groups in total. The first-order valence-electron chi connectivity index (χ1n) is 6.94. The lowest BCUT2D eigenvalue weighted by atomic mass is 10.2. The highest BCUT2D eigenvalue weighted by Crippen LogP contribution is 2.26. The van der Waals surface area contributed by atoms with E-state index >= 15 is 0 Å². The molecule has 3 rings (SSSR count). The second kappa shape index (κ2) is 5.99. The summed E-state index contributed by atoms with van der Waals surface area (Å²) in [6.07, 6.45) is 2.41. The lowest BCUT2D eigenvalue weighted by Gasteiger charge is -2.35. The molecule has 2 atom stereocenters. The molecule has 4 nitrogen and oxygen atoms in total. The standard InChI is InChI=1S/C15H19N3OS/c1-11-7-18(8-12(2)19-11)9-14-15(17-10-20-14)13-5-3-4-6-16-13/h3-6,10-12H,7-9H2,1-2H3/t11-,12+. The number of hydrogen-bond donors (Lipinski definition) is 0. The van der Waals surface area contributed by atoms with Crippen LogP contribution in [0.15, 0.2) is 29.9 Å². The fourth-order valence-electron chi connectivity index (χ4n) is 2.71. The average Bonchev–Trinajstić information content (AvgIpc) is 2.86. The van der Waals surface area contributed by atoms with Crippen LogP contribution in [0.2, 0.25) is 0 Å². The molecule has 2 aromatic heterocycles. The van der Waals surface area contributed by atoms with Gasteiger partial charge in [-0.15, -0.1) is 11.3 Å². The molecule has 0 aliphatic carbocycles. The van der Waals surface area contributed by atoms with E-state index in [1.807, 2.05) is 29.9 Å². The summed E-state index contributed by atoms with van der Waals surface area (Å²) >= 11 is 1.71. The molecule has 2 aromatic rings. The van der Waals surface area contributed by atoms with E-state index in [0.717, 1.165) is 31.0 Å². The average molecular weight is 289 g/mol. The molecule has 20 heavy (non-hydrogen) atoms. The van der Waals surface area contributed by atoms with Gasteiger partial charge >= 0.3 is 0 Å². The molecule has 0 unspecified atom stereocenters. The van der Waals surface area contributed by atoms with Crippen LogP contribution in [0, 0.1) is 0 Å². The lowest BCUT2D eigenvalue weighted by molar-refractivity contribution is -0.0702. The van der Waals surface area contributed by atoms with E-state index in [0.29, 0.717) is 12.2 Å². The number of morpholine rings is 1. The lowest BCUT2D eigenvalue weighted by Crippen LogP contribution is -2.44. The summed E-state index contributed by atoms with van der Waals surface area (Å²) < 4.78 is 5.78. The Kier molecular flexibility index (Phi) is 4.10. The first-order valence-corrected chi connectivity index (χ1v) is 7.82. The number of aromatic nitrogens is 2. The van der Waals surface area contributed by atoms with Crippen LogP contribution in [0.25, 0.3) is 11.4 Å². The number of nitrogens with zero attached hydrogens (tertiary/aromatic N) is 3. The first-order chi connectivity index (χ1) is 9.72. The van der Waals surface area contributed by atoms with Gasteiger partial charge in [0.2, 0.25) is 0 Å². The smallest absolute Gasteiger partial charge is 0.104 e. The third-order valence-corrected chi connectivity index (χ3v) is 4.23. The Hall–Kier alpha value is -1.30. The van der Waals surface area contributed by atoms with E-state index in [4.69, 9.17) is 4.74 Å². The normalized spacial score (nSPS) is 23.9. The zero-order chi connectivity index (χ0) is 13.9. The summed E-state index contributed by atoms with van der Waals surface area (Å²) in [5, 5.41) is 0. The van der Waals surface area contributed by atoms with E-state index in [1.165, 1.54) is 4.88 Å². The van der Waals surface area contributed by atoms with E-state index < -0.39 is 0 Å². The van der Waals surface area contributed by atoms with Crippen molar-refractivity contribution in [1.29, 1.82) is 0 Å². The molecule has 1 aliphatic rings. The minimum Gasteiger partial charge on any atom is -0.373 e. The van der Waals surface area contributed by atoms with Crippen LogP contribution in [-0.4, -0.2) is 40.2 Å². The van der Waals surface area contributed by atoms with Crippen molar-refractivity contribution >= 4 is 11.3 Å². The van der Waals surface area contributed by atoms with Gasteiger partial charge in [0.25, 0.3) is 0 Å². The molecular formula is C15H19N3OS. The Bertz CT molecular complexity index is 547. The van der Waals surface area contributed by atoms with E-state index in [-0.39, 0.29) is 0 Å². The molecule has 3 heterocycles. The highest BCUT2D eigenvalue weighted by molar-refractivity contribution is 7.10. The van der Waals surface area contributed by atoms with Crippen molar-refractivity contribution < 1.29 is 4.74 Å². The topological polar surface area (TPSA) is 38.2 Å². The predicted molar refractivity (Wildman–Crippen MR) is 80.6 cm³/mol. The van der Waals surface area contributed by atoms with E-state index in [2.05, 4.69) is 28.7 Å². The van der Waals surface area contributed by atoms with Gasteiger partial charge < -0.3 is 4.74 Å². The van der Waals surface area contributed by atoms with Crippen molar-refractivity contribution in [2.75, 3.05) is 13.1 Å². The summed E-state index contributed by atoms with van der Waals surface area (Å²) in [4.78, 5) is 12.6. The Morgan fingerprint density at radius 3 is 2.75 bits per heavy atom. The van der Waals surface area contributed by atoms with Gasteiger partial charge in [-0.3, -0.25) is 9.88 Å². The summed E-state index contributed by atoms with van der Waals surface area (Å²) in [7, 11) is 0. The number of pyridine rings is 1.